The number of benzene rings is 2. The lowest BCUT2D eigenvalue weighted by molar-refractivity contribution is -0.139. The Labute approximate surface area is 190 Å². The van der Waals surface area contributed by atoms with Crippen LogP contribution in [-0.4, -0.2) is 0 Å². The van der Waals surface area contributed by atoms with Gasteiger partial charge in [0.2, 0.25) is 0 Å². The molecule has 0 bridgehead atoms. The van der Waals surface area contributed by atoms with E-state index in [0.717, 1.165) is 44.1 Å². The van der Waals surface area contributed by atoms with Gasteiger partial charge < -0.3 is 0 Å². The van der Waals surface area contributed by atoms with Crippen molar-refractivity contribution >= 4 is 0 Å². The molecule has 2 aliphatic rings. The molecule has 0 amide bonds. The lowest BCUT2D eigenvalue weighted by atomic mass is 9.63. The first-order valence-corrected chi connectivity index (χ1v) is 11.6. The Bertz CT molecular complexity index is 985. The summed E-state index contributed by atoms with van der Waals surface area (Å²) in [7, 11) is 0. The van der Waals surface area contributed by atoms with Crippen LogP contribution in [0.25, 0.3) is 11.1 Å². The Balaban J connectivity index is 1.51. The number of hydrogen-bond donors (Lipinski definition) is 0. The standard InChI is InChI=1S/C27H28F6/c1-2-3-4-16-5-6-18-12-19(8-7-17(18)11-16)21-14-24(29)26(25(30)15-21)20-9-10-22(23(28)13-20)27(31,32)33/h2,9-10,13-19H,1,3-8,11-12H2. The first-order valence-electron chi connectivity index (χ1n) is 11.6. The van der Waals surface area contributed by atoms with Gasteiger partial charge in [-0.25, -0.2) is 13.2 Å². The monoisotopic (exact) mass is 466 g/mol. The third-order valence-corrected chi connectivity index (χ3v) is 7.60. The molecular weight excluding hydrogens is 438 g/mol. The number of fused-ring (bicyclic) bond motifs is 1. The molecule has 0 nitrogen and oxygen atoms in total. The third-order valence-electron chi connectivity index (χ3n) is 7.60. The Morgan fingerprint density at radius 3 is 2.15 bits per heavy atom. The second kappa shape index (κ2) is 9.55. The van der Waals surface area contributed by atoms with Crippen LogP contribution in [0.1, 0.15) is 68.4 Å². The summed E-state index contributed by atoms with van der Waals surface area (Å²) in [6, 6.07) is 4.51. The highest BCUT2D eigenvalue weighted by Crippen LogP contribution is 2.49. The number of alkyl halides is 3. The van der Waals surface area contributed by atoms with Crippen molar-refractivity contribution in [2.75, 3.05) is 0 Å². The van der Waals surface area contributed by atoms with Crippen LogP contribution in [0.4, 0.5) is 26.3 Å². The summed E-state index contributed by atoms with van der Waals surface area (Å²) >= 11 is 0. The molecule has 178 valence electrons. The van der Waals surface area contributed by atoms with Crippen molar-refractivity contribution in [3.8, 4) is 11.1 Å². The molecule has 2 aliphatic carbocycles. The van der Waals surface area contributed by atoms with Crippen LogP contribution in [0.3, 0.4) is 0 Å². The minimum atomic E-state index is -4.87. The molecule has 0 spiro atoms. The number of allylic oxidation sites excluding steroid dienone is 1. The SMILES string of the molecule is C=CCCC1CCC2CC(c3cc(F)c(-c4ccc(C(F)(F)F)c(F)c4)c(F)c3)CCC2C1. The Morgan fingerprint density at radius 2 is 1.52 bits per heavy atom. The van der Waals surface area contributed by atoms with E-state index in [4.69, 9.17) is 0 Å². The molecule has 2 saturated carbocycles. The lowest BCUT2D eigenvalue weighted by Crippen LogP contribution is -2.30. The van der Waals surface area contributed by atoms with E-state index >= 15 is 0 Å². The highest BCUT2D eigenvalue weighted by atomic mass is 19.4. The maximum absolute atomic E-state index is 14.9. The van der Waals surface area contributed by atoms with Gasteiger partial charge in [-0.2, -0.15) is 13.2 Å². The van der Waals surface area contributed by atoms with E-state index in [1.807, 2.05) is 6.08 Å². The summed E-state index contributed by atoms with van der Waals surface area (Å²) in [5, 5.41) is 0. The minimum Gasteiger partial charge on any atom is -0.206 e. The predicted molar refractivity (Wildman–Crippen MR) is 117 cm³/mol. The third kappa shape index (κ3) is 5.15. The first-order chi connectivity index (χ1) is 15.7. The van der Waals surface area contributed by atoms with E-state index in [1.54, 1.807) is 0 Å². The van der Waals surface area contributed by atoms with Crippen molar-refractivity contribution in [2.24, 2.45) is 17.8 Å². The van der Waals surface area contributed by atoms with Gasteiger partial charge in [-0.1, -0.05) is 18.6 Å². The van der Waals surface area contributed by atoms with E-state index in [0.29, 0.717) is 29.5 Å². The fourth-order valence-corrected chi connectivity index (χ4v) is 5.91. The molecule has 4 rings (SSSR count). The molecule has 2 aromatic carbocycles. The van der Waals surface area contributed by atoms with E-state index in [2.05, 4.69) is 6.58 Å². The normalized spacial score (nSPS) is 25.5. The van der Waals surface area contributed by atoms with Crippen molar-refractivity contribution in [3.63, 3.8) is 0 Å². The maximum Gasteiger partial charge on any atom is 0.419 e. The van der Waals surface area contributed by atoms with Crippen molar-refractivity contribution in [3.05, 3.63) is 71.6 Å². The Kier molecular flexibility index (Phi) is 6.92. The molecule has 0 heterocycles. The van der Waals surface area contributed by atoms with Crippen LogP contribution in [0.5, 0.6) is 0 Å². The van der Waals surface area contributed by atoms with Gasteiger partial charge in [0.15, 0.2) is 0 Å². The fourth-order valence-electron chi connectivity index (χ4n) is 5.91. The van der Waals surface area contributed by atoms with Crippen molar-refractivity contribution in [1.29, 1.82) is 0 Å². The first kappa shape index (κ1) is 23.9. The van der Waals surface area contributed by atoms with E-state index < -0.39 is 34.8 Å². The van der Waals surface area contributed by atoms with Gasteiger partial charge in [-0.3, -0.25) is 0 Å². The molecule has 0 aromatic heterocycles. The molecule has 33 heavy (non-hydrogen) atoms. The van der Waals surface area contributed by atoms with Gasteiger partial charge >= 0.3 is 6.18 Å². The van der Waals surface area contributed by atoms with Crippen LogP contribution in [0, 0.1) is 35.2 Å². The maximum atomic E-state index is 14.9. The Morgan fingerprint density at radius 1 is 0.848 bits per heavy atom. The fraction of sp³-hybridized carbons (Fsp3) is 0.481. The highest BCUT2D eigenvalue weighted by molar-refractivity contribution is 5.66. The second-order valence-electron chi connectivity index (χ2n) is 9.63. The van der Waals surface area contributed by atoms with Gasteiger partial charge in [0.1, 0.15) is 17.5 Å². The van der Waals surface area contributed by atoms with Crippen molar-refractivity contribution in [1.82, 2.24) is 0 Å². The summed E-state index contributed by atoms with van der Waals surface area (Å²) in [6.45, 7) is 3.80. The van der Waals surface area contributed by atoms with E-state index in [-0.39, 0.29) is 11.5 Å². The molecule has 2 aromatic rings. The average molecular weight is 467 g/mol. The summed E-state index contributed by atoms with van der Waals surface area (Å²) in [5.74, 6) is -1.30. The van der Waals surface area contributed by atoms with Crippen molar-refractivity contribution in [2.45, 2.75) is 63.5 Å². The molecule has 2 fully saturated rings. The number of rotatable bonds is 5. The number of halogens is 6. The molecular formula is C27H28F6. The summed E-state index contributed by atoms with van der Waals surface area (Å²) in [6.07, 6.45) is 5.65. The number of hydrogen-bond acceptors (Lipinski definition) is 0. The van der Waals surface area contributed by atoms with Gasteiger partial charge in [0.05, 0.1) is 11.1 Å². The highest BCUT2D eigenvalue weighted by Gasteiger charge is 2.37. The van der Waals surface area contributed by atoms with Crippen molar-refractivity contribution < 1.29 is 26.3 Å². The van der Waals surface area contributed by atoms with Crippen LogP contribution in [-0.2, 0) is 6.18 Å². The minimum absolute atomic E-state index is 0.0540. The van der Waals surface area contributed by atoms with Crippen LogP contribution in [0.2, 0.25) is 0 Å². The second-order valence-corrected chi connectivity index (χ2v) is 9.63. The predicted octanol–water partition coefficient (Wildman–Crippen LogP) is 9.06. The molecule has 0 radical (unpaired) electrons. The average Bonchev–Trinajstić information content (AvgIpc) is 2.76. The van der Waals surface area contributed by atoms with Crippen LogP contribution in [0.15, 0.2) is 43.0 Å². The van der Waals surface area contributed by atoms with Crippen LogP contribution < -0.4 is 0 Å². The quantitative estimate of drug-likeness (QED) is 0.305. The molecule has 0 aliphatic heterocycles. The summed E-state index contributed by atoms with van der Waals surface area (Å²) in [5.41, 5.74) is -1.63. The van der Waals surface area contributed by atoms with Gasteiger partial charge in [0.25, 0.3) is 0 Å². The lowest BCUT2D eigenvalue weighted by Gasteiger charge is -2.42. The molecule has 4 unspecified atom stereocenters. The summed E-state index contributed by atoms with van der Waals surface area (Å²) in [4.78, 5) is 0. The van der Waals surface area contributed by atoms with E-state index in [9.17, 15) is 26.3 Å². The summed E-state index contributed by atoms with van der Waals surface area (Å²) < 4.78 is 82.2. The van der Waals surface area contributed by atoms with E-state index in [1.165, 1.54) is 31.4 Å². The Hall–Kier alpha value is -2.24. The molecule has 6 heteroatoms. The smallest absolute Gasteiger partial charge is 0.206 e. The zero-order valence-electron chi connectivity index (χ0n) is 18.4. The van der Waals surface area contributed by atoms with Gasteiger partial charge in [-0.15, -0.1) is 6.58 Å². The van der Waals surface area contributed by atoms with Gasteiger partial charge in [-0.05, 0) is 104 Å². The zero-order valence-corrected chi connectivity index (χ0v) is 18.4. The largest absolute Gasteiger partial charge is 0.419 e. The van der Waals surface area contributed by atoms with Crippen LogP contribution >= 0.6 is 0 Å². The zero-order chi connectivity index (χ0) is 23.8. The topological polar surface area (TPSA) is 0 Å². The molecule has 4 atom stereocenters. The van der Waals surface area contributed by atoms with Gasteiger partial charge in [0, 0.05) is 0 Å². The molecule has 0 N–H and O–H groups in total. The molecule has 0 saturated heterocycles.